The third-order valence-electron chi connectivity index (χ3n) is 2.47. The molecule has 0 amide bonds. The van der Waals surface area contributed by atoms with Gasteiger partial charge in [-0.05, 0) is 23.3 Å². The molecule has 0 aromatic carbocycles. The van der Waals surface area contributed by atoms with E-state index in [9.17, 15) is 0 Å². The molecule has 0 fully saturated rings. The van der Waals surface area contributed by atoms with Crippen molar-refractivity contribution in [3.63, 3.8) is 0 Å². The first-order chi connectivity index (χ1) is 6.32. The van der Waals surface area contributed by atoms with Crippen LogP contribution in [0.1, 0.15) is 45.9 Å². The molecule has 0 aliphatic heterocycles. The van der Waals surface area contributed by atoms with Gasteiger partial charge in [0.25, 0.3) is 0 Å². The molecule has 0 unspecified atom stereocenters. The molecule has 2 nitrogen and oxygen atoms in total. The van der Waals surface area contributed by atoms with Crippen molar-refractivity contribution in [2.45, 2.75) is 46.5 Å². The highest BCUT2D eigenvalue weighted by atomic mass is 15.3. The summed E-state index contributed by atoms with van der Waals surface area (Å²) in [5, 5.41) is 4.35. The molecule has 0 saturated heterocycles. The molecule has 0 N–H and O–H groups in total. The first kappa shape index (κ1) is 11.3. The predicted molar refractivity (Wildman–Crippen MR) is 60.5 cm³/mol. The third-order valence-corrected chi connectivity index (χ3v) is 2.47. The molecule has 14 heavy (non-hydrogen) atoms. The molecule has 1 aromatic heterocycles. The molecule has 1 heterocycles. The van der Waals surface area contributed by atoms with Gasteiger partial charge in [0, 0.05) is 12.7 Å². The summed E-state index contributed by atoms with van der Waals surface area (Å²) in [5.41, 5.74) is 2.97. The molecular weight excluding hydrogens is 172 g/mol. The molecule has 1 aromatic rings. The van der Waals surface area contributed by atoms with Crippen molar-refractivity contribution < 1.29 is 0 Å². The Kier molecular flexibility index (Phi) is 3.03. The van der Waals surface area contributed by atoms with Crippen LogP contribution in [0.5, 0.6) is 0 Å². The molecule has 0 atom stereocenters. The lowest BCUT2D eigenvalue weighted by Gasteiger charge is -2.20. The van der Waals surface area contributed by atoms with Crippen molar-refractivity contribution in [3.8, 4) is 0 Å². The molecule has 0 aliphatic rings. The summed E-state index contributed by atoms with van der Waals surface area (Å²) in [4.78, 5) is 0. The van der Waals surface area contributed by atoms with Crippen molar-refractivity contribution in [3.05, 3.63) is 17.5 Å². The summed E-state index contributed by atoms with van der Waals surface area (Å²) in [6, 6.07) is 0. The van der Waals surface area contributed by atoms with Crippen LogP contribution in [0.4, 0.5) is 0 Å². The maximum atomic E-state index is 4.35. The van der Waals surface area contributed by atoms with E-state index in [4.69, 9.17) is 0 Å². The molecule has 0 radical (unpaired) electrons. The average molecular weight is 194 g/mol. The third kappa shape index (κ3) is 2.37. The molecule has 2 heteroatoms. The summed E-state index contributed by atoms with van der Waals surface area (Å²) >= 11 is 0. The minimum atomic E-state index is 0.207. The van der Waals surface area contributed by atoms with Crippen molar-refractivity contribution in [1.82, 2.24) is 9.78 Å². The van der Waals surface area contributed by atoms with E-state index >= 15 is 0 Å². The SMILES string of the molecule is CC(C)Cc1c(C(C)(C)C)cnn1C. The molecular formula is C12H22N2. The number of aryl methyl sites for hydroxylation is 1. The molecule has 0 saturated carbocycles. The second kappa shape index (κ2) is 3.76. The number of aromatic nitrogens is 2. The van der Waals surface area contributed by atoms with Gasteiger partial charge in [-0.25, -0.2) is 0 Å². The van der Waals surface area contributed by atoms with Gasteiger partial charge in [-0.1, -0.05) is 34.6 Å². The van der Waals surface area contributed by atoms with E-state index in [1.165, 1.54) is 11.3 Å². The van der Waals surface area contributed by atoms with Gasteiger partial charge in [0.05, 0.1) is 6.20 Å². The van der Waals surface area contributed by atoms with E-state index in [-0.39, 0.29) is 5.41 Å². The highest BCUT2D eigenvalue weighted by Crippen LogP contribution is 2.26. The number of rotatable bonds is 2. The van der Waals surface area contributed by atoms with Crippen LogP contribution in [0.25, 0.3) is 0 Å². The van der Waals surface area contributed by atoms with Gasteiger partial charge < -0.3 is 0 Å². The zero-order chi connectivity index (χ0) is 10.9. The van der Waals surface area contributed by atoms with Crippen molar-refractivity contribution >= 4 is 0 Å². The molecule has 80 valence electrons. The fourth-order valence-electron chi connectivity index (χ4n) is 1.72. The number of nitrogens with zero attached hydrogens (tertiary/aromatic N) is 2. The van der Waals surface area contributed by atoms with Crippen LogP contribution in [0.15, 0.2) is 6.20 Å². The van der Waals surface area contributed by atoms with Gasteiger partial charge in [-0.3, -0.25) is 4.68 Å². The molecule has 0 bridgehead atoms. The van der Waals surface area contributed by atoms with Crippen LogP contribution in [-0.4, -0.2) is 9.78 Å². The minimum absolute atomic E-state index is 0.207. The van der Waals surface area contributed by atoms with Crippen molar-refractivity contribution in [2.24, 2.45) is 13.0 Å². The Labute approximate surface area is 87.3 Å². The standard InChI is InChI=1S/C12H22N2/c1-9(2)7-11-10(12(3,4)5)8-13-14(11)6/h8-9H,7H2,1-6H3. The Morgan fingerprint density at radius 3 is 2.36 bits per heavy atom. The van der Waals surface area contributed by atoms with Crippen molar-refractivity contribution in [1.29, 1.82) is 0 Å². The normalized spacial score (nSPS) is 12.5. The predicted octanol–water partition coefficient (Wildman–Crippen LogP) is 2.92. The van der Waals surface area contributed by atoms with E-state index in [1.807, 2.05) is 17.9 Å². The Bertz CT molecular complexity index is 303. The minimum Gasteiger partial charge on any atom is -0.272 e. The summed E-state index contributed by atoms with van der Waals surface area (Å²) in [5.74, 6) is 0.687. The van der Waals surface area contributed by atoms with Gasteiger partial charge in [0.2, 0.25) is 0 Å². The Balaban J connectivity index is 3.06. The van der Waals surface area contributed by atoms with Crippen LogP contribution >= 0.6 is 0 Å². The van der Waals surface area contributed by atoms with Crippen LogP contribution in [0.2, 0.25) is 0 Å². The zero-order valence-electron chi connectivity index (χ0n) is 10.3. The Morgan fingerprint density at radius 1 is 1.36 bits per heavy atom. The first-order valence-corrected chi connectivity index (χ1v) is 5.33. The molecule has 0 spiro atoms. The molecule has 1 rings (SSSR count). The van der Waals surface area contributed by atoms with E-state index < -0.39 is 0 Å². The monoisotopic (exact) mass is 194 g/mol. The highest BCUT2D eigenvalue weighted by molar-refractivity contribution is 5.25. The topological polar surface area (TPSA) is 17.8 Å². The Morgan fingerprint density at radius 2 is 1.93 bits per heavy atom. The maximum absolute atomic E-state index is 4.35. The van der Waals surface area contributed by atoms with Gasteiger partial charge in [-0.15, -0.1) is 0 Å². The van der Waals surface area contributed by atoms with E-state index in [0.29, 0.717) is 5.92 Å². The van der Waals surface area contributed by atoms with E-state index in [1.54, 1.807) is 0 Å². The highest BCUT2D eigenvalue weighted by Gasteiger charge is 2.21. The van der Waals surface area contributed by atoms with E-state index in [0.717, 1.165) is 6.42 Å². The fraction of sp³-hybridized carbons (Fsp3) is 0.750. The summed E-state index contributed by atoms with van der Waals surface area (Å²) in [6.45, 7) is 11.2. The fourth-order valence-corrected chi connectivity index (χ4v) is 1.72. The largest absolute Gasteiger partial charge is 0.272 e. The second-order valence-electron chi connectivity index (χ2n) is 5.48. The zero-order valence-corrected chi connectivity index (χ0v) is 10.3. The van der Waals surface area contributed by atoms with E-state index in [2.05, 4.69) is 39.7 Å². The summed E-state index contributed by atoms with van der Waals surface area (Å²) in [7, 11) is 2.03. The lowest BCUT2D eigenvalue weighted by atomic mass is 9.85. The smallest absolute Gasteiger partial charge is 0.0529 e. The van der Waals surface area contributed by atoms with Crippen LogP contribution in [0.3, 0.4) is 0 Å². The quantitative estimate of drug-likeness (QED) is 0.708. The van der Waals surface area contributed by atoms with Gasteiger partial charge >= 0.3 is 0 Å². The lowest BCUT2D eigenvalue weighted by molar-refractivity contribution is 0.549. The van der Waals surface area contributed by atoms with Gasteiger partial charge in [-0.2, -0.15) is 5.10 Å². The maximum Gasteiger partial charge on any atom is 0.0529 e. The summed E-state index contributed by atoms with van der Waals surface area (Å²) in [6.07, 6.45) is 3.13. The number of hydrogen-bond donors (Lipinski definition) is 0. The van der Waals surface area contributed by atoms with Gasteiger partial charge in [0.1, 0.15) is 0 Å². The first-order valence-electron chi connectivity index (χ1n) is 5.33. The van der Waals surface area contributed by atoms with Crippen molar-refractivity contribution in [2.75, 3.05) is 0 Å². The lowest BCUT2D eigenvalue weighted by Crippen LogP contribution is -2.15. The van der Waals surface area contributed by atoms with Crippen LogP contribution < -0.4 is 0 Å². The van der Waals surface area contributed by atoms with Crippen LogP contribution in [0, 0.1) is 5.92 Å². The molecule has 0 aliphatic carbocycles. The Hall–Kier alpha value is -0.790. The number of hydrogen-bond acceptors (Lipinski definition) is 1. The average Bonchev–Trinajstić information content (AvgIpc) is 2.30. The second-order valence-corrected chi connectivity index (χ2v) is 5.48. The van der Waals surface area contributed by atoms with Gasteiger partial charge in [0.15, 0.2) is 0 Å². The van der Waals surface area contributed by atoms with Crippen LogP contribution in [-0.2, 0) is 18.9 Å². The summed E-state index contributed by atoms with van der Waals surface area (Å²) < 4.78 is 2.01.